The number of rotatable bonds is 6. The van der Waals surface area contributed by atoms with E-state index in [0.717, 1.165) is 52.8 Å². The summed E-state index contributed by atoms with van der Waals surface area (Å²) in [6, 6.07) is 16.3. The highest BCUT2D eigenvalue weighted by atomic mass is 16.5. The minimum absolute atomic E-state index is 0.0726. The van der Waals surface area contributed by atoms with Crippen molar-refractivity contribution in [3.05, 3.63) is 64.4 Å². The van der Waals surface area contributed by atoms with Crippen LogP contribution < -0.4 is 20.5 Å². The first-order valence-corrected chi connectivity index (χ1v) is 10.9. The van der Waals surface area contributed by atoms with Crippen LogP contribution in [-0.4, -0.2) is 24.7 Å². The standard InChI is InChI=1S/C25H31N3O2/c1-4-30-23-10-5-19-12-20(25(29)27-24(19)13-23)14-26-21-6-8-22(9-7-21)28-15-17(2)11-18(3)16-28/h5-10,12-13,17-18,26H,4,11,14-16H2,1-3H3,(H,27,29). The van der Waals surface area contributed by atoms with Gasteiger partial charge in [-0.2, -0.15) is 0 Å². The molecule has 2 unspecified atom stereocenters. The summed E-state index contributed by atoms with van der Waals surface area (Å²) >= 11 is 0. The molecule has 0 saturated carbocycles. The lowest BCUT2D eigenvalue weighted by molar-refractivity contribution is 0.340. The fourth-order valence-electron chi connectivity index (χ4n) is 4.47. The maximum atomic E-state index is 12.5. The number of aromatic nitrogens is 1. The predicted octanol–water partition coefficient (Wildman–Crippen LogP) is 5.02. The van der Waals surface area contributed by atoms with Crippen molar-refractivity contribution < 1.29 is 4.74 Å². The van der Waals surface area contributed by atoms with Crippen LogP contribution in [0, 0.1) is 11.8 Å². The Morgan fingerprint density at radius 1 is 1.07 bits per heavy atom. The molecule has 30 heavy (non-hydrogen) atoms. The molecule has 2 heterocycles. The Hall–Kier alpha value is -2.95. The van der Waals surface area contributed by atoms with E-state index < -0.39 is 0 Å². The van der Waals surface area contributed by atoms with E-state index in [0.29, 0.717) is 13.2 Å². The van der Waals surface area contributed by atoms with E-state index >= 15 is 0 Å². The summed E-state index contributed by atoms with van der Waals surface area (Å²) in [7, 11) is 0. The lowest BCUT2D eigenvalue weighted by Gasteiger charge is -2.36. The molecule has 0 aliphatic carbocycles. The van der Waals surface area contributed by atoms with Gasteiger partial charge in [-0.1, -0.05) is 13.8 Å². The van der Waals surface area contributed by atoms with Gasteiger partial charge in [0, 0.05) is 42.6 Å². The Kier molecular flexibility index (Phi) is 5.98. The third-order valence-electron chi connectivity index (χ3n) is 5.79. The van der Waals surface area contributed by atoms with Crippen molar-refractivity contribution in [2.75, 3.05) is 29.9 Å². The Morgan fingerprint density at radius 2 is 1.80 bits per heavy atom. The fourth-order valence-corrected chi connectivity index (χ4v) is 4.47. The van der Waals surface area contributed by atoms with Crippen LogP contribution in [-0.2, 0) is 6.54 Å². The molecule has 1 aromatic heterocycles. The van der Waals surface area contributed by atoms with Gasteiger partial charge in [0.2, 0.25) is 0 Å². The Labute approximate surface area is 178 Å². The van der Waals surface area contributed by atoms with Crippen LogP contribution in [0.5, 0.6) is 5.75 Å². The van der Waals surface area contributed by atoms with Gasteiger partial charge in [-0.25, -0.2) is 0 Å². The highest BCUT2D eigenvalue weighted by molar-refractivity contribution is 5.80. The largest absolute Gasteiger partial charge is 0.494 e. The number of hydrogen-bond donors (Lipinski definition) is 2. The van der Waals surface area contributed by atoms with E-state index in [1.165, 1.54) is 12.1 Å². The molecule has 5 heteroatoms. The van der Waals surface area contributed by atoms with Gasteiger partial charge in [0.15, 0.2) is 0 Å². The number of nitrogens with one attached hydrogen (secondary N) is 2. The normalized spacial score (nSPS) is 19.1. The Bertz CT molecular complexity index is 1050. The topological polar surface area (TPSA) is 57.4 Å². The second kappa shape index (κ2) is 8.82. The molecule has 5 nitrogen and oxygen atoms in total. The Morgan fingerprint density at radius 3 is 2.50 bits per heavy atom. The molecule has 0 amide bonds. The van der Waals surface area contributed by atoms with Crippen LogP contribution >= 0.6 is 0 Å². The van der Waals surface area contributed by atoms with E-state index in [1.807, 2.05) is 31.2 Å². The van der Waals surface area contributed by atoms with Gasteiger partial charge in [0.05, 0.1) is 12.1 Å². The molecule has 3 aromatic rings. The fraction of sp³-hybridized carbons (Fsp3) is 0.400. The molecule has 1 fully saturated rings. The average Bonchev–Trinajstić information content (AvgIpc) is 2.72. The third kappa shape index (κ3) is 4.61. The van der Waals surface area contributed by atoms with Gasteiger partial charge in [-0.05, 0) is 73.0 Å². The maximum absolute atomic E-state index is 12.5. The highest BCUT2D eigenvalue weighted by Gasteiger charge is 2.21. The van der Waals surface area contributed by atoms with Crippen molar-refractivity contribution in [2.24, 2.45) is 11.8 Å². The van der Waals surface area contributed by atoms with E-state index in [-0.39, 0.29) is 5.56 Å². The van der Waals surface area contributed by atoms with Crippen molar-refractivity contribution in [2.45, 2.75) is 33.7 Å². The molecule has 4 rings (SSSR count). The molecule has 158 valence electrons. The number of aromatic amines is 1. The molecule has 2 N–H and O–H groups in total. The average molecular weight is 406 g/mol. The summed E-state index contributed by atoms with van der Waals surface area (Å²) in [5, 5.41) is 4.38. The maximum Gasteiger partial charge on any atom is 0.253 e. The van der Waals surface area contributed by atoms with Crippen molar-refractivity contribution in [3.63, 3.8) is 0 Å². The lowest BCUT2D eigenvalue weighted by atomic mass is 9.91. The van der Waals surface area contributed by atoms with Gasteiger partial charge in [0.1, 0.15) is 5.75 Å². The first-order valence-electron chi connectivity index (χ1n) is 10.9. The van der Waals surface area contributed by atoms with Crippen molar-refractivity contribution >= 4 is 22.3 Å². The van der Waals surface area contributed by atoms with Gasteiger partial charge < -0.3 is 19.9 Å². The number of hydrogen-bond acceptors (Lipinski definition) is 4. The summed E-state index contributed by atoms with van der Waals surface area (Å²) in [5.74, 6) is 2.23. The molecule has 2 aromatic carbocycles. The molecule has 0 spiro atoms. The van der Waals surface area contributed by atoms with Crippen LogP contribution in [0.25, 0.3) is 10.9 Å². The highest BCUT2D eigenvalue weighted by Crippen LogP contribution is 2.27. The summed E-state index contributed by atoms with van der Waals surface area (Å²) in [6.45, 7) is 9.93. The second-order valence-electron chi connectivity index (χ2n) is 8.56. The lowest BCUT2D eigenvalue weighted by Crippen LogP contribution is -2.38. The quantitative estimate of drug-likeness (QED) is 0.604. The molecule has 2 atom stereocenters. The molecule has 1 aliphatic rings. The number of ether oxygens (including phenoxy) is 1. The van der Waals surface area contributed by atoms with Crippen molar-refractivity contribution in [1.29, 1.82) is 0 Å². The predicted molar refractivity (Wildman–Crippen MR) is 125 cm³/mol. The first-order chi connectivity index (χ1) is 14.5. The van der Waals surface area contributed by atoms with Crippen LogP contribution in [0.3, 0.4) is 0 Å². The van der Waals surface area contributed by atoms with Crippen molar-refractivity contribution in [3.8, 4) is 5.75 Å². The molecular formula is C25H31N3O2. The molecule has 0 radical (unpaired) electrons. The number of nitrogens with zero attached hydrogens (tertiary/aromatic N) is 1. The molecular weight excluding hydrogens is 374 g/mol. The number of pyridine rings is 1. The first kappa shape index (κ1) is 20.3. The summed E-state index contributed by atoms with van der Waals surface area (Å²) in [4.78, 5) is 18.0. The third-order valence-corrected chi connectivity index (χ3v) is 5.79. The summed E-state index contributed by atoms with van der Waals surface area (Å²) in [6.07, 6.45) is 1.31. The van der Waals surface area contributed by atoms with E-state index in [2.05, 4.69) is 53.3 Å². The van der Waals surface area contributed by atoms with E-state index in [4.69, 9.17) is 4.74 Å². The Balaban J connectivity index is 1.44. The zero-order chi connectivity index (χ0) is 21.1. The minimum Gasteiger partial charge on any atom is -0.494 e. The summed E-state index contributed by atoms with van der Waals surface area (Å²) < 4.78 is 5.52. The molecule has 1 aliphatic heterocycles. The summed E-state index contributed by atoms with van der Waals surface area (Å²) in [5.41, 5.74) is 3.73. The van der Waals surface area contributed by atoms with Crippen LogP contribution in [0.1, 0.15) is 32.8 Å². The molecule has 0 bridgehead atoms. The molecule has 1 saturated heterocycles. The zero-order valence-electron chi connectivity index (χ0n) is 18.1. The van der Waals surface area contributed by atoms with Gasteiger partial charge in [-0.3, -0.25) is 4.79 Å². The monoisotopic (exact) mass is 405 g/mol. The minimum atomic E-state index is -0.0726. The smallest absolute Gasteiger partial charge is 0.253 e. The number of anilines is 2. The zero-order valence-corrected chi connectivity index (χ0v) is 18.1. The van der Waals surface area contributed by atoms with Crippen LogP contribution in [0.2, 0.25) is 0 Å². The second-order valence-corrected chi connectivity index (χ2v) is 8.56. The van der Waals surface area contributed by atoms with Crippen LogP contribution in [0.4, 0.5) is 11.4 Å². The van der Waals surface area contributed by atoms with Gasteiger partial charge in [-0.15, -0.1) is 0 Å². The van der Waals surface area contributed by atoms with E-state index in [9.17, 15) is 4.79 Å². The van der Waals surface area contributed by atoms with Gasteiger partial charge >= 0.3 is 0 Å². The number of piperidine rings is 1. The SMILES string of the molecule is CCOc1ccc2cc(CNc3ccc(N4CC(C)CC(C)C4)cc3)c(=O)[nH]c2c1. The number of benzene rings is 2. The number of H-pyrrole nitrogens is 1. The van der Waals surface area contributed by atoms with Gasteiger partial charge in [0.25, 0.3) is 5.56 Å². The van der Waals surface area contributed by atoms with Crippen molar-refractivity contribution in [1.82, 2.24) is 4.98 Å². The van der Waals surface area contributed by atoms with Crippen LogP contribution in [0.15, 0.2) is 53.3 Å². The number of fused-ring (bicyclic) bond motifs is 1. The van der Waals surface area contributed by atoms with E-state index in [1.54, 1.807) is 0 Å².